The molecule has 2 heterocycles. The first-order chi connectivity index (χ1) is 10.1. The van der Waals surface area contributed by atoms with Crippen molar-refractivity contribution >= 4 is 11.8 Å². The third kappa shape index (κ3) is 2.96. The molecule has 8 nitrogen and oxygen atoms in total. The molecule has 0 saturated carbocycles. The minimum absolute atomic E-state index is 0.0365. The van der Waals surface area contributed by atoms with Crippen molar-refractivity contribution in [1.82, 2.24) is 0 Å². The Morgan fingerprint density at radius 2 is 2.05 bits per heavy atom. The van der Waals surface area contributed by atoms with Crippen LogP contribution in [-0.2, 0) is 14.2 Å². The Morgan fingerprint density at radius 3 is 2.76 bits per heavy atom. The second kappa shape index (κ2) is 5.66. The predicted molar refractivity (Wildman–Crippen MR) is 67.8 cm³/mol. The number of rotatable bonds is 3. The number of nitro benzene ring substituents is 1. The van der Waals surface area contributed by atoms with Crippen molar-refractivity contribution in [2.45, 2.75) is 18.8 Å². The number of carbonyl (C=O) groups is 1. The Kier molecular flexibility index (Phi) is 3.72. The number of fused-ring (bicyclic) bond motifs is 1. The molecule has 8 heteroatoms. The summed E-state index contributed by atoms with van der Waals surface area (Å²) in [4.78, 5) is 21.7. The van der Waals surface area contributed by atoms with Crippen LogP contribution in [0.4, 0.5) is 10.5 Å². The summed E-state index contributed by atoms with van der Waals surface area (Å²) >= 11 is 0. The topological polar surface area (TPSA) is 97.1 Å². The van der Waals surface area contributed by atoms with Gasteiger partial charge in [0.05, 0.1) is 24.1 Å². The van der Waals surface area contributed by atoms with Gasteiger partial charge in [-0.15, -0.1) is 0 Å². The minimum Gasteiger partial charge on any atom is -0.428 e. The van der Waals surface area contributed by atoms with Crippen LogP contribution in [-0.4, -0.2) is 36.7 Å². The summed E-state index contributed by atoms with van der Waals surface area (Å²) in [5.74, 6) is 0.221. The highest BCUT2D eigenvalue weighted by Crippen LogP contribution is 2.33. The first-order valence-electron chi connectivity index (χ1n) is 6.49. The Hall–Kier alpha value is -2.19. The summed E-state index contributed by atoms with van der Waals surface area (Å²) in [7, 11) is 0. The van der Waals surface area contributed by atoms with Crippen molar-refractivity contribution in [2.24, 2.45) is 5.92 Å². The van der Waals surface area contributed by atoms with Crippen LogP contribution in [0.25, 0.3) is 0 Å². The smallest absolute Gasteiger partial charge is 0.428 e. The fourth-order valence-electron chi connectivity index (χ4n) is 2.43. The number of nitro groups is 1. The number of hydrogen-bond donors (Lipinski definition) is 0. The summed E-state index contributed by atoms with van der Waals surface area (Å²) in [6, 6.07) is 5.18. The first kappa shape index (κ1) is 13.8. The molecule has 112 valence electrons. The van der Waals surface area contributed by atoms with Crippen LogP contribution >= 0.6 is 0 Å². The molecule has 3 rings (SSSR count). The molecule has 0 bridgehead atoms. The lowest BCUT2D eigenvalue weighted by atomic mass is 10.0. The number of benzene rings is 1. The molecule has 1 aromatic carbocycles. The molecule has 21 heavy (non-hydrogen) atoms. The van der Waals surface area contributed by atoms with E-state index in [0.29, 0.717) is 6.61 Å². The zero-order chi connectivity index (χ0) is 14.8. The summed E-state index contributed by atoms with van der Waals surface area (Å²) in [6.07, 6.45) is -0.768. The van der Waals surface area contributed by atoms with E-state index in [9.17, 15) is 14.9 Å². The molecule has 2 aliphatic rings. The monoisotopic (exact) mass is 295 g/mol. The van der Waals surface area contributed by atoms with Crippen molar-refractivity contribution in [3.63, 3.8) is 0 Å². The summed E-state index contributed by atoms with van der Waals surface area (Å²) in [5.41, 5.74) is -0.0779. The van der Waals surface area contributed by atoms with E-state index in [2.05, 4.69) is 0 Å². The van der Waals surface area contributed by atoms with Crippen LogP contribution in [0.1, 0.15) is 6.42 Å². The molecule has 0 aliphatic carbocycles. The maximum atomic E-state index is 11.7. The van der Waals surface area contributed by atoms with Crippen LogP contribution in [0.2, 0.25) is 0 Å². The van der Waals surface area contributed by atoms with E-state index >= 15 is 0 Å². The largest absolute Gasteiger partial charge is 0.514 e. The number of ether oxygens (including phenoxy) is 4. The maximum Gasteiger partial charge on any atom is 0.514 e. The van der Waals surface area contributed by atoms with Gasteiger partial charge in [0.2, 0.25) is 0 Å². The molecule has 2 saturated heterocycles. The maximum absolute atomic E-state index is 11.7. The highest BCUT2D eigenvalue weighted by molar-refractivity contribution is 5.64. The molecule has 0 N–H and O–H groups in total. The molecular weight excluding hydrogens is 282 g/mol. The lowest BCUT2D eigenvalue weighted by molar-refractivity contribution is -0.384. The van der Waals surface area contributed by atoms with E-state index in [1.807, 2.05) is 0 Å². The first-order valence-corrected chi connectivity index (χ1v) is 6.49. The fourth-order valence-corrected chi connectivity index (χ4v) is 2.43. The van der Waals surface area contributed by atoms with E-state index in [1.54, 1.807) is 0 Å². The SMILES string of the molecule is O=C(Oc1ccc([N+](=O)[O-])cc1)OC1CO[C@H]2OCCC12. The quantitative estimate of drug-likeness (QED) is 0.363. The second-order valence-electron chi connectivity index (χ2n) is 4.78. The van der Waals surface area contributed by atoms with Gasteiger partial charge in [0.1, 0.15) is 11.9 Å². The Morgan fingerprint density at radius 1 is 1.29 bits per heavy atom. The lowest BCUT2D eigenvalue weighted by Gasteiger charge is -2.15. The third-order valence-electron chi connectivity index (χ3n) is 3.48. The number of non-ortho nitro benzene ring substituents is 1. The normalized spacial score (nSPS) is 27.1. The zero-order valence-electron chi connectivity index (χ0n) is 11.0. The van der Waals surface area contributed by atoms with Crippen molar-refractivity contribution in [3.8, 4) is 5.75 Å². The van der Waals surface area contributed by atoms with E-state index in [1.165, 1.54) is 24.3 Å². The van der Waals surface area contributed by atoms with E-state index in [-0.39, 0.29) is 36.4 Å². The molecule has 0 amide bonds. The minimum atomic E-state index is -0.856. The highest BCUT2D eigenvalue weighted by Gasteiger charge is 2.44. The second-order valence-corrected chi connectivity index (χ2v) is 4.78. The van der Waals surface area contributed by atoms with Crippen LogP contribution < -0.4 is 4.74 Å². The van der Waals surface area contributed by atoms with Crippen molar-refractivity contribution in [1.29, 1.82) is 0 Å². The lowest BCUT2D eigenvalue weighted by Crippen LogP contribution is -2.27. The van der Waals surface area contributed by atoms with E-state index < -0.39 is 11.1 Å². The summed E-state index contributed by atoms with van der Waals surface area (Å²) < 4.78 is 20.9. The van der Waals surface area contributed by atoms with Crippen LogP contribution in [0.3, 0.4) is 0 Å². The van der Waals surface area contributed by atoms with Crippen LogP contribution in [0.5, 0.6) is 5.75 Å². The van der Waals surface area contributed by atoms with E-state index in [0.717, 1.165) is 6.42 Å². The van der Waals surface area contributed by atoms with Gasteiger partial charge in [-0.1, -0.05) is 0 Å². The molecular formula is C13H13NO7. The molecule has 0 spiro atoms. The van der Waals surface area contributed by atoms with Gasteiger partial charge in [-0.2, -0.15) is 0 Å². The predicted octanol–water partition coefficient (Wildman–Crippen LogP) is 1.87. The Balaban J connectivity index is 1.55. The van der Waals surface area contributed by atoms with Gasteiger partial charge in [-0.3, -0.25) is 10.1 Å². The number of nitrogens with zero attached hydrogens (tertiary/aromatic N) is 1. The molecule has 0 aromatic heterocycles. The number of carbonyl (C=O) groups excluding carboxylic acids is 1. The molecule has 0 radical (unpaired) electrons. The average molecular weight is 295 g/mol. The zero-order valence-corrected chi connectivity index (χ0v) is 11.0. The standard InChI is InChI=1S/C13H13NO7/c15-13(20-9-3-1-8(2-4-9)14(16)17)21-11-7-19-12-10(11)5-6-18-12/h1-4,10-12H,5-7H2/t10?,11?,12-/m1/s1. The van der Waals surface area contributed by atoms with Gasteiger partial charge in [0.25, 0.3) is 5.69 Å². The van der Waals surface area contributed by atoms with E-state index in [4.69, 9.17) is 18.9 Å². The van der Waals surface area contributed by atoms with Gasteiger partial charge >= 0.3 is 6.16 Å². The van der Waals surface area contributed by atoms with Crippen molar-refractivity contribution in [2.75, 3.05) is 13.2 Å². The van der Waals surface area contributed by atoms with Gasteiger partial charge in [-0.05, 0) is 18.6 Å². The Bertz CT molecular complexity index is 544. The third-order valence-corrected chi connectivity index (χ3v) is 3.48. The Labute approximate surface area is 119 Å². The van der Waals surface area contributed by atoms with Crippen LogP contribution in [0, 0.1) is 16.0 Å². The average Bonchev–Trinajstić information content (AvgIpc) is 3.04. The number of hydrogen-bond acceptors (Lipinski definition) is 7. The summed E-state index contributed by atoms with van der Waals surface area (Å²) in [6.45, 7) is 0.872. The van der Waals surface area contributed by atoms with Crippen molar-refractivity contribution < 1.29 is 28.7 Å². The van der Waals surface area contributed by atoms with Gasteiger partial charge in [0, 0.05) is 12.1 Å². The molecule has 2 fully saturated rings. The fraction of sp³-hybridized carbons (Fsp3) is 0.462. The molecule has 2 unspecified atom stereocenters. The molecule has 3 atom stereocenters. The highest BCUT2D eigenvalue weighted by atomic mass is 16.8. The summed E-state index contributed by atoms with van der Waals surface area (Å²) in [5, 5.41) is 10.5. The van der Waals surface area contributed by atoms with Gasteiger partial charge in [0.15, 0.2) is 6.29 Å². The molecule has 1 aromatic rings. The van der Waals surface area contributed by atoms with Crippen LogP contribution in [0.15, 0.2) is 24.3 Å². The van der Waals surface area contributed by atoms with Gasteiger partial charge < -0.3 is 18.9 Å². The molecule has 2 aliphatic heterocycles. The van der Waals surface area contributed by atoms with Crippen molar-refractivity contribution in [3.05, 3.63) is 34.4 Å². The van der Waals surface area contributed by atoms with Gasteiger partial charge in [-0.25, -0.2) is 4.79 Å².